The Morgan fingerprint density at radius 3 is 2.09 bits per heavy atom. The first kappa shape index (κ1) is 7.53. The second-order valence-electron chi connectivity index (χ2n) is 2.25. The third-order valence-electron chi connectivity index (χ3n) is 1.43. The molecule has 0 radical (unpaired) electrons. The Morgan fingerprint density at radius 2 is 1.73 bits per heavy atom. The van der Waals surface area contributed by atoms with Gasteiger partial charge in [0.05, 0.1) is 17.1 Å². The largest absolute Gasteiger partial charge is 0.508 e. The van der Waals surface area contributed by atoms with Crippen molar-refractivity contribution in [2.45, 2.75) is 0 Å². The van der Waals surface area contributed by atoms with Crippen LogP contribution in [0, 0.1) is 0 Å². The topological polar surface area (TPSA) is 84.3 Å². The van der Waals surface area contributed by atoms with E-state index in [9.17, 15) is 0 Å². The van der Waals surface area contributed by atoms with Crippen LogP contribution in [0.2, 0.25) is 0 Å². The third-order valence-corrected chi connectivity index (χ3v) is 1.43. The van der Waals surface area contributed by atoms with Crippen molar-refractivity contribution in [3.63, 3.8) is 0 Å². The van der Waals surface area contributed by atoms with Crippen LogP contribution in [0.1, 0.15) is 0 Å². The lowest BCUT2D eigenvalue weighted by molar-refractivity contribution is 0.476. The van der Waals surface area contributed by atoms with Gasteiger partial charge in [0, 0.05) is 19.2 Å². The maximum Gasteiger partial charge on any atom is 0.119 e. The summed E-state index contributed by atoms with van der Waals surface area (Å²) in [5.41, 5.74) is 12.6. The average molecular weight is 153 g/mol. The molecule has 0 amide bonds. The Balaban J connectivity index is 3.25. The molecule has 4 nitrogen and oxygen atoms in total. The van der Waals surface area contributed by atoms with Crippen molar-refractivity contribution in [3.8, 4) is 5.75 Å². The van der Waals surface area contributed by atoms with Gasteiger partial charge in [-0.05, 0) is 0 Å². The summed E-state index contributed by atoms with van der Waals surface area (Å²) in [6.07, 6.45) is 0. The molecule has 0 aliphatic rings. The monoisotopic (exact) mass is 153 g/mol. The van der Waals surface area contributed by atoms with Gasteiger partial charge in [0.2, 0.25) is 0 Å². The average Bonchev–Trinajstić information content (AvgIpc) is 1.85. The number of phenolic OH excluding ortho intramolecular Hbond substituents is 1. The molecule has 0 fully saturated rings. The highest BCUT2D eigenvalue weighted by Gasteiger charge is 2.02. The van der Waals surface area contributed by atoms with E-state index in [2.05, 4.69) is 5.32 Å². The van der Waals surface area contributed by atoms with E-state index < -0.39 is 0 Å². The Bertz CT molecular complexity index is 249. The van der Waals surface area contributed by atoms with E-state index in [1.54, 1.807) is 7.05 Å². The molecule has 6 N–H and O–H groups in total. The molecule has 4 heteroatoms. The first-order chi connectivity index (χ1) is 5.15. The molecule has 0 aliphatic heterocycles. The lowest BCUT2D eigenvalue weighted by atomic mass is 10.2. The maximum absolute atomic E-state index is 9.03. The van der Waals surface area contributed by atoms with Gasteiger partial charge in [0.25, 0.3) is 0 Å². The Kier molecular flexibility index (Phi) is 1.76. The number of benzene rings is 1. The third kappa shape index (κ3) is 1.29. The molecular formula is C7H11N3O. The smallest absolute Gasteiger partial charge is 0.119 e. The Morgan fingerprint density at radius 1 is 1.27 bits per heavy atom. The van der Waals surface area contributed by atoms with Crippen molar-refractivity contribution in [3.05, 3.63) is 12.1 Å². The van der Waals surface area contributed by atoms with Crippen LogP contribution >= 0.6 is 0 Å². The molecule has 0 heterocycles. The number of nitrogen functional groups attached to an aromatic ring is 2. The standard InChI is InChI=1S/C7H11N3O/c1-10-7-5(8)2-4(11)3-6(7)9/h2-3,10-11H,8-9H2,1H3. The van der Waals surface area contributed by atoms with Crippen molar-refractivity contribution in [1.29, 1.82) is 0 Å². The molecule has 0 saturated heterocycles. The van der Waals surface area contributed by atoms with Gasteiger partial charge >= 0.3 is 0 Å². The quantitative estimate of drug-likeness (QED) is 0.351. The normalized spacial score (nSPS) is 9.55. The summed E-state index contributed by atoms with van der Waals surface area (Å²) in [7, 11) is 1.72. The fourth-order valence-corrected chi connectivity index (χ4v) is 0.960. The summed E-state index contributed by atoms with van der Waals surface area (Å²) in [6.45, 7) is 0. The number of nitrogens with one attached hydrogen (secondary N) is 1. The van der Waals surface area contributed by atoms with E-state index in [-0.39, 0.29) is 5.75 Å². The fraction of sp³-hybridized carbons (Fsp3) is 0.143. The van der Waals surface area contributed by atoms with E-state index >= 15 is 0 Å². The molecule has 0 aromatic heterocycles. The molecule has 0 atom stereocenters. The zero-order chi connectivity index (χ0) is 8.43. The van der Waals surface area contributed by atoms with E-state index in [1.807, 2.05) is 0 Å². The number of aromatic hydroxyl groups is 1. The minimum atomic E-state index is 0.0824. The minimum Gasteiger partial charge on any atom is -0.508 e. The Hall–Kier alpha value is -1.58. The summed E-state index contributed by atoms with van der Waals surface area (Å²) in [5.74, 6) is 0.0824. The first-order valence-electron chi connectivity index (χ1n) is 3.21. The van der Waals surface area contributed by atoms with E-state index in [0.717, 1.165) is 0 Å². The summed E-state index contributed by atoms with van der Waals surface area (Å²) in [6, 6.07) is 2.89. The zero-order valence-electron chi connectivity index (χ0n) is 6.26. The molecule has 0 bridgehead atoms. The molecule has 11 heavy (non-hydrogen) atoms. The molecule has 60 valence electrons. The summed E-state index contributed by atoms with van der Waals surface area (Å²) < 4.78 is 0. The van der Waals surface area contributed by atoms with E-state index in [1.165, 1.54) is 12.1 Å². The van der Waals surface area contributed by atoms with Crippen molar-refractivity contribution in [2.75, 3.05) is 23.8 Å². The molecule has 0 aliphatic carbocycles. The van der Waals surface area contributed by atoms with Crippen molar-refractivity contribution >= 4 is 17.1 Å². The highest BCUT2D eigenvalue weighted by atomic mass is 16.3. The van der Waals surface area contributed by atoms with Crippen molar-refractivity contribution in [2.24, 2.45) is 0 Å². The van der Waals surface area contributed by atoms with Gasteiger partial charge in [-0.3, -0.25) is 0 Å². The maximum atomic E-state index is 9.03. The Labute approximate surface area is 64.8 Å². The molecule has 1 aromatic rings. The first-order valence-corrected chi connectivity index (χ1v) is 3.21. The zero-order valence-corrected chi connectivity index (χ0v) is 6.26. The van der Waals surface area contributed by atoms with E-state index in [0.29, 0.717) is 17.1 Å². The summed E-state index contributed by atoms with van der Waals surface area (Å²) >= 11 is 0. The van der Waals surface area contributed by atoms with Gasteiger partial charge in [-0.25, -0.2) is 0 Å². The highest BCUT2D eigenvalue weighted by molar-refractivity contribution is 5.81. The van der Waals surface area contributed by atoms with Crippen LogP contribution < -0.4 is 16.8 Å². The van der Waals surface area contributed by atoms with Gasteiger partial charge in [0.1, 0.15) is 5.75 Å². The van der Waals surface area contributed by atoms with Crippen LogP contribution in [0.15, 0.2) is 12.1 Å². The second-order valence-corrected chi connectivity index (χ2v) is 2.25. The van der Waals surface area contributed by atoms with Gasteiger partial charge in [-0.15, -0.1) is 0 Å². The summed E-state index contributed by atoms with van der Waals surface area (Å²) in [5, 5.41) is 11.9. The van der Waals surface area contributed by atoms with Gasteiger partial charge < -0.3 is 21.9 Å². The van der Waals surface area contributed by atoms with Gasteiger partial charge in [0.15, 0.2) is 0 Å². The lowest BCUT2D eigenvalue weighted by Gasteiger charge is -2.08. The van der Waals surface area contributed by atoms with Crippen LogP contribution in [0.4, 0.5) is 17.1 Å². The van der Waals surface area contributed by atoms with Crippen LogP contribution in [0.25, 0.3) is 0 Å². The number of hydrogen-bond donors (Lipinski definition) is 4. The molecule has 1 aromatic carbocycles. The highest BCUT2D eigenvalue weighted by Crippen LogP contribution is 2.29. The SMILES string of the molecule is CNc1c(N)cc(O)cc1N. The minimum absolute atomic E-state index is 0.0824. The number of anilines is 3. The van der Waals surface area contributed by atoms with Crippen LogP contribution in [-0.4, -0.2) is 12.2 Å². The number of rotatable bonds is 1. The van der Waals surface area contributed by atoms with Gasteiger partial charge in [-0.2, -0.15) is 0 Å². The lowest BCUT2D eigenvalue weighted by Crippen LogP contribution is -1.99. The van der Waals surface area contributed by atoms with Crippen LogP contribution in [0.3, 0.4) is 0 Å². The molecule has 0 unspecified atom stereocenters. The number of phenols is 1. The molecule has 1 rings (SSSR count). The summed E-state index contributed by atoms with van der Waals surface area (Å²) in [4.78, 5) is 0. The molecular weight excluding hydrogens is 142 g/mol. The van der Waals surface area contributed by atoms with Crippen molar-refractivity contribution in [1.82, 2.24) is 0 Å². The number of hydrogen-bond acceptors (Lipinski definition) is 4. The fourth-order valence-electron chi connectivity index (χ4n) is 0.960. The van der Waals surface area contributed by atoms with Crippen LogP contribution in [-0.2, 0) is 0 Å². The predicted molar refractivity (Wildman–Crippen MR) is 46.5 cm³/mol. The molecule has 0 saturated carbocycles. The number of nitrogens with two attached hydrogens (primary N) is 2. The second kappa shape index (κ2) is 2.57. The van der Waals surface area contributed by atoms with Crippen LogP contribution in [0.5, 0.6) is 5.75 Å². The van der Waals surface area contributed by atoms with Crippen molar-refractivity contribution < 1.29 is 5.11 Å². The van der Waals surface area contributed by atoms with E-state index in [4.69, 9.17) is 16.6 Å². The predicted octanol–water partition coefficient (Wildman–Crippen LogP) is 0.598. The van der Waals surface area contributed by atoms with Gasteiger partial charge in [-0.1, -0.05) is 0 Å². The molecule has 0 spiro atoms.